The molecule has 0 unspecified atom stereocenters. The van der Waals surface area contributed by atoms with Crippen LogP contribution in [0.4, 0.5) is 0 Å². The van der Waals surface area contributed by atoms with Crippen molar-refractivity contribution in [3.8, 4) is 23.0 Å². The number of rotatable bonds is 11. The average molecular weight is 485 g/mol. The molecule has 2 amide bonds. The zero-order valence-electron chi connectivity index (χ0n) is 21.1. The Kier molecular flexibility index (Phi) is 9.64. The van der Waals surface area contributed by atoms with Crippen molar-refractivity contribution in [3.63, 3.8) is 0 Å². The lowest BCUT2D eigenvalue weighted by atomic mass is 9.96. The van der Waals surface area contributed by atoms with E-state index in [0.717, 1.165) is 18.4 Å². The van der Waals surface area contributed by atoms with Crippen LogP contribution in [-0.2, 0) is 11.2 Å². The molecule has 8 heteroatoms. The highest BCUT2D eigenvalue weighted by atomic mass is 16.5. The molecule has 0 atom stereocenters. The number of hydrogen-bond donors (Lipinski definition) is 1. The minimum atomic E-state index is -0.143. The summed E-state index contributed by atoms with van der Waals surface area (Å²) in [6, 6.07) is 10.9. The van der Waals surface area contributed by atoms with Crippen molar-refractivity contribution >= 4 is 11.8 Å². The quantitative estimate of drug-likeness (QED) is 0.523. The van der Waals surface area contributed by atoms with E-state index in [4.69, 9.17) is 18.9 Å². The number of nitrogens with one attached hydrogen (secondary N) is 1. The summed E-state index contributed by atoms with van der Waals surface area (Å²) in [5.41, 5.74) is 1.58. The zero-order valence-corrected chi connectivity index (χ0v) is 21.1. The number of carbonyl (C=O) groups is 2. The maximum absolute atomic E-state index is 12.7. The molecule has 8 nitrogen and oxygen atoms in total. The van der Waals surface area contributed by atoms with E-state index < -0.39 is 0 Å². The topological polar surface area (TPSA) is 86.3 Å². The van der Waals surface area contributed by atoms with E-state index in [0.29, 0.717) is 73.6 Å². The number of aryl methyl sites for hydroxylation is 1. The number of methoxy groups -OCH3 is 3. The lowest BCUT2D eigenvalue weighted by Gasteiger charge is -2.32. The molecule has 0 saturated carbocycles. The number of likely N-dealkylation sites (tertiary alicyclic amines) is 1. The minimum absolute atomic E-state index is 0.143. The van der Waals surface area contributed by atoms with Gasteiger partial charge in [-0.2, -0.15) is 0 Å². The van der Waals surface area contributed by atoms with Gasteiger partial charge in [-0.1, -0.05) is 6.07 Å². The molecule has 2 aromatic rings. The van der Waals surface area contributed by atoms with E-state index in [9.17, 15) is 9.59 Å². The van der Waals surface area contributed by atoms with Crippen LogP contribution in [0.3, 0.4) is 0 Å². The van der Waals surface area contributed by atoms with Gasteiger partial charge in [-0.3, -0.25) is 9.59 Å². The van der Waals surface area contributed by atoms with Crippen LogP contribution in [0.1, 0.15) is 42.1 Å². The summed E-state index contributed by atoms with van der Waals surface area (Å²) >= 11 is 0. The van der Waals surface area contributed by atoms with Crippen molar-refractivity contribution in [3.05, 3.63) is 47.5 Å². The van der Waals surface area contributed by atoms with Crippen molar-refractivity contribution in [1.82, 2.24) is 10.2 Å². The SMILES string of the molecule is CCOc1ccc(CCC(=O)N2CCC(CNC(=O)c3ccc(OC)c(OC)c3)CC2)cc1OC. The van der Waals surface area contributed by atoms with Crippen LogP contribution in [-0.4, -0.2) is 64.3 Å². The molecule has 0 radical (unpaired) electrons. The Bertz CT molecular complexity index is 1000. The number of ether oxygens (including phenoxy) is 4. The summed E-state index contributed by atoms with van der Waals surface area (Å²) in [4.78, 5) is 27.2. The lowest BCUT2D eigenvalue weighted by molar-refractivity contribution is -0.132. The predicted octanol–water partition coefficient (Wildman–Crippen LogP) is 3.71. The smallest absolute Gasteiger partial charge is 0.251 e. The molecule has 190 valence electrons. The fraction of sp³-hybridized carbons (Fsp3) is 0.481. The molecule has 0 bridgehead atoms. The molecule has 2 aromatic carbocycles. The predicted molar refractivity (Wildman–Crippen MR) is 134 cm³/mol. The highest BCUT2D eigenvalue weighted by Gasteiger charge is 2.23. The molecule has 1 N–H and O–H groups in total. The van der Waals surface area contributed by atoms with Crippen molar-refractivity contribution in [2.24, 2.45) is 5.92 Å². The van der Waals surface area contributed by atoms with Crippen LogP contribution in [0.5, 0.6) is 23.0 Å². The second kappa shape index (κ2) is 12.9. The first-order chi connectivity index (χ1) is 17.0. The average Bonchev–Trinajstić information content (AvgIpc) is 2.90. The maximum atomic E-state index is 12.7. The van der Waals surface area contributed by atoms with Gasteiger partial charge in [0.05, 0.1) is 27.9 Å². The van der Waals surface area contributed by atoms with Gasteiger partial charge in [-0.25, -0.2) is 0 Å². The fourth-order valence-electron chi connectivity index (χ4n) is 4.25. The molecule has 0 aliphatic carbocycles. The van der Waals surface area contributed by atoms with Crippen LogP contribution in [0.2, 0.25) is 0 Å². The van der Waals surface area contributed by atoms with Crippen molar-refractivity contribution < 1.29 is 28.5 Å². The highest BCUT2D eigenvalue weighted by molar-refractivity contribution is 5.94. The number of nitrogens with zero attached hydrogens (tertiary/aromatic N) is 1. The van der Waals surface area contributed by atoms with Gasteiger partial charge in [0.15, 0.2) is 23.0 Å². The number of carbonyl (C=O) groups excluding carboxylic acids is 2. The van der Waals surface area contributed by atoms with E-state index >= 15 is 0 Å². The van der Waals surface area contributed by atoms with Gasteiger partial charge in [0.2, 0.25) is 5.91 Å². The molecule has 1 saturated heterocycles. The summed E-state index contributed by atoms with van der Waals surface area (Å²) in [5, 5.41) is 3.01. The first-order valence-corrected chi connectivity index (χ1v) is 12.1. The third kappa shape index (κ3) is 7.04. The Balaban J connectivity index is 1.42. The normalized spacial score (nSPS) is 13.8. The Labute approximate surface area is 207 Å². The van der Waals surface area contributed by atoms with E-state index in [1.807, 2.05) is 30.0 Å². The molecule has 1 fully saturated rings. The first kappa shape index (κ1) is 26.2. The van der Waals surface area contributed by atoms with Gasteiger partial charge in [-0.15, -0.1) is 0 Å². The Morgan fingerprint density at radius 2 is 1.57 bits per heavy atom. The molecule has 3 rings (SSSR count). The first-order valence-electron chi connectivity index (χ1n) is 12.1. The largest absolute Gasteiger partial charge is 0.493 e. The molecule has 0 aromatic heterocycles. The molecule has 0 spiro atoms. The minimum Gasteiger partial charge on any atom is -0.493 e. The summed E-state index contributed by atoms with van der Waals surface area (Å²) in [6.07, 6.45) is 2.85. The van der Waals surface area contributed by atoms with Gasteiger partial charge in [0, 0.05) is 31.6 Å². The number of piperidine rings is 1. The molecule has 35 heavy (non-hydrogen) atoms. The monoisotopic (exact) mass is 484 g/mol. The molecular weight excluding hydrogens is 448 g/mol. The van der Waals surface area contributed by atoms with Gasteiger partial charge in [-0.05, 0) is 68.0 Å². The van der Waals surface area contributed by atoms with Crippen LogP contribution >= 0.6 is 0 Å². The summed E-state index contributed by atoms with van der Waals surface area (Å²) in [5.74, 6) is 2.87. The second-order valence-electron chi connectivity index (χ2n) is 8.52. The third-order valence-corrected chi connectivity index (χ3v) is 6.32. The van der Waals surface area contributed by atoms with Crippen LogP contribution in [0.15, 0.2) is 36.4 Å². The maximum Gasteiger partial charge on any atom is 0.251 e. The molecule has 1 aliphatic heterocycles. The standard InChI is InChI=1S/C27H36N2O6/c1-5-35-23-9-6-19(16-24(23)33-3)7-11-26(30)29-14-12-20(13-15-29)18-28-27(31)21-8-10-22(32-2)25(17-21)34-4/h6,8-10,16-17,20H,5,7,11-15,18H2,1-4H3,(H,28,31). The van der Waals surface area contributed by atoms with Gasteiger partial charge in [0.25, 0.3) is 5.91 Å². The highest BCUT2D eigenvalue weighted by Crippen LogP contribution is 2.29. The molecule has 1 aliphatic rings. The van der Waals surface area contributed by atoms with Crippen molar-refractivity contribution in [1.29, 1.82) is 0 Å². The van der Waals surface area contributed by atoms with Crippen LogP contribution in [0.25, 0.3) is 0 Å². The number of amides is 2. The van der Waals surface area contributed by atoms with Crippen molar-refractivity contribution in [2.45, 2.75) is 32.6 Å². The van der Waals surface area contributed by atoms with E-state index in [1.165, 1.54) is 0 Å². The van der Waals surface area contributed by atoms with E-state index in [1.54, 1.807) is 39.5 Å². The summed E-state index contributed by atoms with van der Waals surface area (Å²) in [7, 11) is 4.72. The van der Waals surface area contributed by atoms with Crippen LogP contribution in [0, 0.1) is 5.92 Å². The Hall–Kier alpha value is -3.42. The van der Waals surface area contributed by atoms with Crippen LogP contribution < -0.4 is 24.3 Å². The van der Waals surface area contributed by atoms with Gasteiger partial charge < -0.3 is 29.2 Å². The van der Waals surface area contributed by atoms with E-state index in [2.05, 4.69) is 5.32 Å². The number of hydrogen-bond acceptors (Lipinski definition) is 6. The Morgan fingerprint density at radius 3 is 2.23 bits per heavy atom. The fourth-order valence-corrected chi connectivity index (χ4v) is 4.25. The number of benzene rings is 2. The lowest BCUT2D eigenvalue weighted by Crippen LogP contribution is -2.41. The van der Waals surface area contributed by atoms with Crippen molar-refractivity contribution in [2.75, 3.05) is 47.6 Å². The summed E-state index contributed by atoms with van der Waals surface area (Å²) < 4.78 is 21.5. The van der Waals surface area contributed by atoms with E-state index in [-0.39, 0.29) is 11.8 Å². The summed E-state index contributed by atoms with van der Waals surface area (Å²) in [6.45, 7) is 4.51. The molecular formula is C27H36N2O6. The molecule has 1 heterocycles. The van der Waals surface area contributed by atoms with Gasteiger partial charge >= 0.3 is 0 Å². The van der Waals surface area contributed by atoms with Gasteiger partial charge in [0.1, 0.15) is 0 Å². The Morgan fingerprint density at radius 1 is 0.914 bits per heavy atom. The second-order valence-corrected chi connectivity index (χ2v) is 8.52. The third-order valence-electron chi connectivity index (χ3n) is 6.32. The zero-order chi connectivity index (χ0) is 25.2.